The van der Waals surface area contributed by atoms with Gasteiger partial charge in [0.25, 0.3) is 0 Å². The van der Waals surface area contributed by atoms with E-state index in [-0.39, 0.29) is 24.0 Å². The van der Waals surface area contributed by atoms with E-state index in [2.05, 4.69) is 10.3 Å². The molecule has 0 saturated carbocycles. The van der Waals surface area contributed by atoms with Crippen LogP contribution in [0.2, 0.25) is 5.02 Å². The first-order chi connectivity index (χ1) is 11.0. The fourth-order valence-electron chi connectivity index (χ4n) is 2.15. The number of aryl methyl sites for hydroxylation is 1. The number of nitrogens with two attached hydrogens (primary N) is 1. The molecule has 130 valence electrons. The summed E-state index contributed by atoms with van der Waals surface area (Å²) in [4.78, 5) is 4.33. The largest absolute Gasteiger partial charge is 0.496 e. The molecular weight excluding hydrogens is 441 g/mol. The quantitative estimate of drug-likeness (QED) is 0.398. The Balaban J connectivity index is 0.00000288. The molecule has 0 aliphatic rings. The van der Waals surface area contributed by atoms with Gasteiger partial charge >= 0.3 is 0 Å². The molecule has 0 aliphatic carbocycles. The highest BCUT2D eigenvalue weighted by atomic mass is 127. The maximum atomic E-state index is 6.07. The van der Waals surface area contributed by atoms with Crippen molar-refractivity contribution in [2.24, 2.45) is 10.7 Å². The lowest BCUT2D eigenvalue weighted by molar-refractivity contribution is 0.411. The number of methoxy groups -OCH3 is 2. The molecule has 0 aromatic heterocycles. The lowest BCUT2D eigenvalue weighted by atomic mass is 10.1. The van der Waals surface area contributed by atoms with Crippen LogP contribution >= 0.6 is 35.6 Å². The number of halogens is 2. The van der Waals surface area contributed by atoms with Gasteiger partial charge in [-0.15, -0.1) is 24.0 Å². The molecule has 0 amide bonds. The van der Waals surface area contributed by atoms with Crippen LogP contribution < -0.4 is 20.5 Å². The van der Waals surface area contributed by atoms with E-state index < -0.39 is 0 Å². The van der Waals surface area contributed by atoms with Crippen molar-refractivity contribution in [1.29, 1.82) is 0 Å². The van der Waals surface area contributed by atoms with Crippen molar-refractivity contribution in [2.75, 3.05) is 19.5 Å². The first-order valence-corrected chi connectivity index (χ1v) is 7.45. The molecule has 0 bridgehead atoms. The van der Waals surface area contributed by atoms with Crippen LogP contribution in [0.25, 0.3) is 0 Å². The van der Waals surface area contributed by atoms with E-state index in [1.165, 1.54) is 0 Å². The first kappa shape index (κ1) is 20.4. The Morgan fingerprint density at radius 2 is 1.79 bits per heavy atom. The van der Waals surface area contributed by atoms with Crippen LogP contribution in [0.5, 0.6) is 11.5 Å². The van der Waals surface area contributed by atoms with Gasteiger partial charge in [-0.25, -0.2) is 4.99 Å². The van der Waals surface area contributed by atoms with Gasteiger partial charge in [-0.3, -0.25) is 0 Å². The van der Waals surface area contributed by atoms with E-state index >= 15 is 0 Å². The van der Waals surface area contributed by atoms with Crippen LogP contribution in [-0.2, 0) is 6.54 Å². The molecule has 0 heterocycles. The smallest absolute Gasteiger partial charge is 0.193 e. The number of anilines is 1. The van der Waals surface area contributed by atoms with Gasteiger partial charge in [-0.2, -0.15) is 0 Å². The second-order valence-electron chi connectivity index (χ2n) is 4.98. The fourth-order valence-corrected chi connectivity index (χ4v) is 2.40. The summed E-state index contributed by atoms with van der Waals surface area (Å²) in [6.07, 6.45) is 0. The molecule has 0 fully saturated rings. The van der Waals surface area contributed by atoms with E-state index in [4.69, 9.17) is 26.8 Å². The average molecular weight is 462 g/mol. The summed E-state index contributed by atoms with van der Waals surface area (Å²) in [6.45, 7) is 2.47. The van der Waals surface area contributed by atoms with Crippen molar-refractivity contribution in [1.82, 2.24) is 0 Å². The zero-order valence-corrected chi connectivity index (χ0v) is 16.9. The van der Waals surface area contributed by atoms with E-state index in [0.717, 1.165) is 22.6 Å². The third kappa shape index (κ3) is 5.45. The minimum atomic E-state index is 0. The van der Waals surface area contributed by atoms with Gasteiger partial charge in [-0.05, 0) is 42.3 Å². The number of ether oxygens (including phenoxy) is 2. The van der Waals surface area contributed by atoms with Gasteiger partial charge in [0.2, 0.25) is 0 Å². The van der Waals surface area contributed by atoms with Gasteiger partial charge in [0, 0.05) is 5.69 Å². The van der Waals surface area contributed by atoms with E-state index in [1.807, 2.05) is 31.2 Å². The number of hydrogen-bond donors (Lipinski definition) is 2. The number of nitrogens with one attached hydrogen (secondary N) is 1. The van der Waals surface area contributed by atoms with Gasteiger partial charge in [0.1, 0.15) is 11.5 Å². The second kappa shape index (κ2) is 9.58. The Kier molecular flexibility index (Phi) is 8.14. The van der Waals surface area contributed by atoms with Crippen molar-refractivity contribution in [3.8, 4) is 11.5 Å². The molecule has 0 unspecified atom stereocenters. The highest BCUT2D eigenvalue weighted by Crippen LogP contribution is 2.27. The predicted molar refractivity (Wildman–Crippen MR) is 110 cm³/mol. The van der Waals surface area contributed by atoms with Gasteiger partial charge < -0.3 is 20.5 Å². The van der Waals surface area contributed by atoms with Crippen LogP contribution in [-0.4, -0.2) is 20.2 Å². The number of nitrogens with zero attached hydrogens (tertiary/aromatic N) is 1. The number of rotatable bonds is 5. The Bertz CT molecular complexity index is 723. The normalized spacial score (nSPS) is 10.8. The van der Waals surface area contributed by atoms with Crippen molar-refractivity contribution in [2.45, 2.75) is 13.5 Å². The minimum Gasteiger partial charge on any atom is -0.496 e. The highest BCUT2D eigenvalue weighted by molar-refractivity contribution is 14.0. The molecule has 0 aliphatic heterocycles. The summed E-state index contributed by atoms with van der Waals surface area (Å²) >= 11 is 6.07. The monoisotopic (exact) mass is 461 g/mol. The average Bonchev–Trinajstić information content (AvgIpc) is 2.53. The van der Waals surface area contributed by atoms with Crippen molar-refractivity contribution in [3.05, 3.63) is 52.5 Å². The zero-order chi connectivity index (χ0) is 16.8. The van der Waals surface area contributed by atoms with Crippen LogP contribution in [0, 0.1) is 6.92 Å². The third-order valence-electron chi connectivity index (χ3n) is 3.32. The lowest BCUT2D eigenvalue weighted by Gasteiger charge is -2.09. The zero-order valence-electron chi connectivity index (χ0n) is 13.8. The fraction of sp³-hybridized carbons (Fsp3) is 0.235. The Hall–Kier alpha value is -1.67. The molecule has 0 atom stereocenters. The predicted octanol–water partition coefficient (Wildman–Crippen LogP) is 4.21. The number of hydrogen-bond acceptors (Lipinski definition) is 3. The molecule has 2 rings (SSSR count). The molecular formula is C17H21ClIN3O2. The molecule has 0 saturated heterocycles. The number of benzene rings is 2. The number of guanidine groups is 1. The van der Waals surface area contributed by atoms with Gasteiger partial charge in [0.15, 0.2) is 5.96 Å². The standard InChI is InChI=1S/C17H20ClN3O2.HI/c1-11-8-12(4-6-15(11)22-2)10-20-17(19)21-13-5-7-16(23-3)14(18)9-13;/h4-9H,10H2,1-3H3,(H3,19,20,21);1H. The SMILES string of the molecule is COc1ccc(CN=C(N)Nc2ccc(OC)c(Cl)c2)cc1C.I. The summed E-state index contributed by atoms with van der Waals surface area (Å²) in [5, 5.41) is 3.51. The first-order valence-electron chi connectivity index (χ1n) is 7.07. The third-order valence-corrected chi connectivity index (χ3v) is 3.61. The van der Waals surface area contributed by atoms with Crippen LogP contribution in [0.4, 0.5) is 5.69 Å². The Labute approximate surface area is 164 Å². The van der Waals surface area contributed by atoms with Crippen LogP contribution in [0.15, 0.2) is 41.4 Å². The second-order valence-corrected chi connectivity index (χ2v) is 5.39. The molecule has 0 radical (unpaired) electrons. The molecule has 2 aromatic rings. The number of aliphatic imine (C=N–C) groups is 1. The summed E-state index contributed by atoms with van der Waals surface area (Å²) in [5.41, 5.74) is 8.78. The van der Waals surface area contributed by atoms with Crippen molar-refractivity contribution < 1.29 is 9.47 Å². The van der Waals surface area contributed by atoms with Crippen molar-refractivity contribution >= 4 is 47.2 Å². The molecule has 7 heteroatoms. The summed E-state index contributed by atoms with van der Waals surface area (Å²) in [7, 11) is 3.23. The highest BCUT2D eigenvalue weighted by Gasteiger charge is 2.03. The Morgan fingerprint density at radius 3 is 2.38 bits per heavy atom. The molecule has 0 spiro atoms. The van der Waals surface area contributed by atoms with E-state index in [1.54, 1.807) is 26.4 Å². The Morgan fingerprint density at radius 1 is 1.12 bits per heavy atom. The minimum absolute atomic E-state index is 0. The van der Waals surface area contributed by atoms with Gasteiger partial charge in [0.05, 0.1) is 25.8 Å². The molecule has 5 nitrogen and oxygen atoms in total. The summed E-state index contributed by atoms with van der Waals surface area (Å²) in [5.74, 6) is 1.79. The molecule has 3 N–H and O–H groups in total. The lowest BCUT2D eigenvalue weighted by Crippen LogP contribution is -2.22. The van der Waals surface area contributed by atoms with Crippen LogP contribution in [0.1, 0.15) is 11.1 Å². The van der Waals surface area contributed by atoms with E-state index in [9.17, 15) is 0 Å². The maximum Gasteiger partial charge on any atom is 0.193 e. The van der Waals surface area contributed by atoms with Gasteiger partial charge in [-0.1, -0.05) is 23.7 Å². The summed E-state index contributed by atoms with van der Waals surface area (Å²) in [6, 6.07) is 11.2. The maximum absolute atomic E-state index is 6.07. The van der Waals surface area contributed by atoms with Crippen LogP contribution in [0.3, 0.4) is 0 Å². The van der Waals surface area contributed by atoms with E-state index in [0.29, 0.717) is 23.3 Å². The summed E-state index contributed by atoms with van der Waals surface area (Å²) < 4.78 is 10.3. The topological polar surface area (TPSA) is 68.9 Å². The molecule has 24 heavy (non-hydrogen) atoms. The molecule has 2 aromatic carbocycles. The van der Waals surface area contributed by atoms with Crippen molar-refractivity contribution in [3.63, 3.8) is 0 Å².